The van der Waals surface area contributed by atoms with Crippen molar-refractivity contribution in [1.29, 1.82) is 0 Å². The van der Waals surface area contributed by atoms with Gasteiger partial charge in [-0.05, 0) is 59.6 Å². The van der Waals surface area contributed by atoms with Gasteiger partial charge in [-0.1, -0.05) is 23.7 Å². The summed E-state index contributed by atoms with van der Waals surface area (Å²) in [5.41, 5.74) is 1.95. The maximum absolute atomic E-state index is 12.5. The van der Waals surface area contributed by atoms with Gasteiger partial charge in [-0.15, -0.1) is 0 Å². The molecule has 164 valence electrons. The number of nitrogens with zero attached hydrogens (tertiary/aromatic N) is 1. The maximum Gasteiger partial charge on any atom is 0.311 e. The number of aryl methyl sites for hydroxylation is 1. The van der Waals surface area contributed by atoms with Crippen LogP contribution in [0.1, 0.15) is 18.9 Å². The largest absolute Gasteiger partial charge is 0.492 e. The second kappa shape index (κ2) is 10.2. The molecule has 31 heavy (non-hydrogen) atoms. The molecule has 9 heteroatoms. The summed E-state index contributed by atoms with van der Waals surface area (Å²) in [6, 6.07) is 10.6. The van der Waals surface area contributed by atoms with E-state index in [1.54, 1.807) is 30.3 Å². The lowest BCUT2D eigenvalue weighted by molar-refractivity contribution is -0.151. The zero-order valence-electron chi connectivity index (χ0n) is 17.1. The molecule has 0 unspecified atom stereocenters. The van der Waals surface area contributed by atoms with Crippen LogP contribution in [0.5, 0.6) is 5.75 Å². The van der Waals surface area contributed by atoms with Crippen molar-refractivity contribution in [1.82, 2.24) is 0 Å². The van der Waals surface area contributed by atoms with E-state index in [-0.39, 0.29) is 18.9 Å². The van der Waals surface area contributed by atoms with Crippen molar-refractivity contribution in [2.45, 2.75) is 20.3 Å². The predicted octanol–water partition coefficient (Wildman–Crippen LogP) is 4.34. The normalized spacial score (nSPS) is 15.7. The second-order valence-corrected chi connectivity index (χ2v) is 8.30. The van der Waals surface area contributed by atoms with Gasteiger partial charge in [-0.2, -0.15) is 0 Å². The van der Waals surface area contributed by atoms with E-state index in [1.807, 2.05) is 19.9 Å². The number of rotatable bonds is 7. The Balaban J connectivity index is 1.58. The number of hydrogen-bond donors (Lipinski definition) is 1. The zero-order valence-corrected chi connectivity index (χ0v) is 19.5. The molecule has 0 radical (unpaired) electrons. The number of amides is 2. The van der Waals surface area contributed by atoms with Crippen LogP contribution in [0, 0.1) is 12.8 Å². The average molecular weight is 510 g/mol. The summed E-state index contributed by atoms with van der Waals surface area (Å²) in [5, 5.41) is 3.13. The van der Waals surface area contributed by atoms with Gasteiger partial charge < -0.3 is 19.7 Å². The summed E-state index contributed by atoms with van der Waals surface area (Å²) in [7, 11) is 0. The minimum absolute atomic E-state index is 0.0162. The summed E-state index contributed by atoms with van der Waals surface area (Å²) in [6.07, 6.45) is 0.0162. The van der Waals surface area contributed by atoms with Crippen LogP contribution in [0.3, 0.4) is 0 Å². The van der Waals surface area contributed by atoms with Crippen LogP contribution < -0.4 is 15.0 Å². The van der Waals surface area contributed by atoms with Crippen molar-refractivity contribution in [2.75, 3.05) is 30.0 Å². The summed E-state index contributed by atoms with van der Waals surface area (Å²) in [6.45, 7) is 3.86. The van der Waals surface area contributed by atoms with Gasteiger partial charge in [-0.25, -0.2) is 0 Å². The Hall–Kier alpha value is -2.58. The smallest absolute Gasteiger partial charge is 0.311 e. The highest BCUT2D eigenvalue weighted by molar-refractivity contribution is 9.10. The lowest BCUT2D eigenvalue weighted by atomic mass is 10.1. The summed E-state index contributed by atoms with van der Waals surface area (Å²) in [5.74, 6) is -1.35. The Morgan fingerprint density at radius 1 is 1.29 bits per heavy atom. The first-order chi connectivity index (χ1) is 14.8. The Morgan fingerprint density at radius 3 is 2.77 bits per heavy atom. The number of esters is 1. The number of nitrogens with one attached hydrogen (secondary N) is 1. The SMILES string of the molecule is CCOc1ccccc1N1C[C@@H](C(=O)OCC(=O)Nc2cc(Cl)c(Br)cc2C)CC1=O. The van der Waals surface area contributed by atoms with Gasteiger partial charge in [-0.3, -0.25) is 14.4 Å². The molecule has 0 saturated carbocycles. The Bertz CT molecular complexity index is 1010. The molecule has 2 aromatic carbocycles. The van der Waals surface area contributed by atoms with Crippen LogP contribution in [-0.2, 0) is 19.1 Å². The molecule has 1 atom stereocenters. The van der Waals surface area contributed by atoms with Crippen LogP contribution in [0.2, 0.25) is 5.02 Å². The number of benzene rings is 2. The van der Waals surface area contributed by atoms with Gasteiger partial charge >= 0.3 is 5.97 Å². The van der Waals surface area contributed by atoms with E-state index in [1.165, 1.54) is 4.90 Å². The predicted molar refractivity (Wildman–Crippen MR) is 122 cm³/mol. The number of para-hydroxylation sites is 2. The molecule has 1 heterocycles. The van der Waals surface area contributed by atoms with E-state index in [0.29, 0.717) is 28.8 Å². The van der Waals surface area contributed by atoms with E-state index >= 15 is 0 Å². The standard InChI is InChI=1S/C22H22BrClN2O5/c1-3-30-19-7-5-4-6-18(19)26-11-14(9-21(26)28)22(29)31-12-20(27)25-17-10-16(24)15(23)8-13(17)2/h4-8,10,14H,3,9,11-12H2,1-2H3,(H,25,27)/t14-/m0/s1. The van der Waals surface area contributed by atoms with Gasteiger partial charge in [0.1, 0.15) is 5.75 Å². The van der Waals surface area contributed by atoms with Crippen molar-refractivity contribution >= 4 is 56.7 Å². The number of carbonyl (C=O) groups is 3. The molecule has 2 aromatic rings. The van der Waals surface area contributed by atoms with Gasteiger partial charge in [0.05, 0.1) is 23.2 Å². The quantitative estimate of drug-likeness (QED) is 0.561. The summed E-state index contributed by atoms with van der Waals surface area (Å²) >= 11 is 9.38. The third-order valence-electron chi connectivity index (χ3n) is 4.80. The fourth-order valence-corrected chi connectivity index (χ4v) is 3.90. The Morgan fingerprint density at radius 2 is 2.03 bits per heavy atom. The van der Waals surface area contributed by atoms with E-state index in [0.717, 1.165) is 10.0 Å². The lowest BCUT2D eigenvalue weighted by Gasteiger charge is -2.20. The lowest BCUT2D eigenvalue weighted by Crippen LogP contribution is -2.28. The number of anilines is 2. The summed E-state index contributed by atoms with van der Waals surface area (Å²) in [4.78, 5) is 38.7. The van der Waals surface area contributed by atoms with Crippen molar-refractivity contribution in [3.8, 4) is 5.75 Å². The van der Waals surface area contributed by atoms with Gasteiger partial charge in [0, 0.05) is 23.1 Å². The molecule has 0 spiro atoms. The minimum atomic E-state index is -0.654. The molecule has 0 aromatic heterocycles. The zero-order chi connectivity index (χ0) is 22.5. The third kappa shape index (κ3) is 5.57. The number of carbonyl (C=O) groups excluding carboxylic acids is 3. The monoisotopic (exact) mass is 508 g/mol. The average Bonchev–Trinajstić information content (AvgIpc) is 3.12. The number of halogens is 2. The molecule has 1 aliphatic rings. The first kappa shape index (κ1) is 23.1. The Kier molecular flexibility index (Phi) is 7.56. The van der Waals surface area contributed by atoms with Crippen LogP contribution in [0.4, 0.5) is 11.4 Å². The van der Waals surface area contributed by atoms with Gasteiger partial charge in [0.2, 0.25) is 5.91 Å². The molecule has 1 N–H and O–H groups in total. The highest BCUT2D eigenvalue weighted by Gasteiger charge is 2.37. The molecular weight excluding hydrogens is 488 g/mol. The number of hydrogen-bond acceptors (Lipinski definition) is 5. The minimum Gasteiger partial charge on any atom is -0.492 e. The van der Waals surface area contributed by atoms with E-state index < -0.39 is 24.4 Å². The van der Waals surface area contributed by atoms with E-state index in [4.69, 9.17) is 21.1 Å². The van der Waals surface area contributed by atoms with Crippen molar-refractivity contribution < 1.29 is 23.9 Å². The van der Waals surface area contributed by atoms with Crippen molar-refractivity contribution in [3.05, 3.63) is 51.5 Å². The van der Waals surface area contributed by atoms with Crippen LogP contribution in [0.15, 0.2) is 40.9 Å². The topological polar surface area (TPSA) is 84.9 Å². The third-order valence-corrected chi connectivity index (χ3v) is 6.00. The molecular formula is C22H22BrClN2O5. The van der Waals surface area contributed by atoms with E-state index in [2.05, 4.69) is 21.2 Å². The Labute approximate surface area is 193 Å². The van der Waals surface area contributed by atoms with Gasteiger partial charge in [0.25, 0.3) is 5.91 Å². The molecule has 0 aliphatic carbocycles. The van der Waals surface area contributed by atoms with Gasteiger partial charge in [0.15, 0.2) is 6.61 Å². The van der Waals surface area contributed by atoms with Crippen LogP contribution >= 0.6 is 27.5 Å². The van der Waals surface area contributed by atoms with E-state index in [9.17, 15) is 14.4 Å². The number of ether oxygens (including phenoxy) is 2. The molecule has 1 aliphatic heterocycles. The molecule has 3 rings (SSSR count). The second-order valence-electron chi connectivity index (χ2n) is 7.04. The summed E-state index contributed by atoms with van der Waals surface area (Å²) < 4.78 is 11.5. The molecule has 1 fully saturated rings. The van der Waals surface area contributed by atoms with Crippen molar-refractivity contribution in [3.63, 3.8) is 0 Å². The molecule has 2 amide bonds. The van der Waals surface area contributed by atoms with Crippen LogP contribution in [-0.4, -0.2) is 37.5 Å². The highest BCUT2D eigenvalue weighted by atomic mass is 79.9. The maximum atomic E-state index is 12.5. The van der Waals surface area contributed by atoms with Crippen LogP contribution in [0.25, 0.3) is 0 Å². The molecule has 7 nitrogen and oxygen atoms in total. The van der Waals surface area contributed by atoms with Crippen molar-refractivity contribution in [2.24, 2.45) is 5.92 Å². The molecule has 1 saturated heterocycles. The first-order valence-electron chi connectivity index (χ1n) is 9.74. The first-order valence-corrected chi connectivity index (χ1v) is 10.9. The molecule has 0 bridgehead atoms. The fourth-order valence-electron chi connectivity index (χ4n) is 3.28. The highest BCUT2D eigenvalue weighted by Crippen LogP contribution is 2.33. The fraction of sp³-hybridized carbons (Fsp3) is 0.318.